The quantitative estimate of drug-likeness (QED) is 0.705. The van der Waals surface area contributed by atoms with Crippen molar-refractivity contribution in [3.05, 3.63) is 58.1 Å². The van der Waals surface area contributed by atoms with Crippen molar-refractivity contribution in [1.29, 1.82) is 0 Å². The first-order valence-electron chi connectivity index (χ1n) is 6.66. The number of methoxy groups -OCH3 is 2. The number of hydrogen-bond acceptors (Lipinski definition) is 2. The summed E-state index contributed by atoms with van der Waals surface area (Å²) in [4.78, 5) is 0. The summed E-state index contributed by atoms with van der Waals surface area (Å²) in [7, 11) is 3.16. The molecule has 0 amide bonds. The van der Waals surface area contributed by atoms with E-state index in [-0.39, 0.29) is 5.38 Å². The molecular weight excluding hydrogens is 307 g/mol. The number of alkyl halides is 1. The van der Waals surface area contributed by atoms with Crippen LogP contribution < -0.4 is 9.47 Å². The highest BCUT2D eigenvalue weighted by molar-refractivity contribution is 6.34. The van der Waals surface area contributed by atoms with Crippen molar-refractivity contribution in [2.75, 3.05) is 14.2 Å². The van der Waals surface area contributed by atoms with Crippen molar-refractivity contribution < 1.29 is 9.47 Å². The number of aryl methyl sites for hydroxylation is 1. The Morgan fingerprint density at radius 3 is 2.48 bits per heavy atom. The minimum atomic E-state index is -0.217. The molecule has 0 aliphatic rings. The molecule has 0 spiro atoms. The van der Waals surface area contributed by atoms with Crippen LogP contribution in [0.2, 0.25) is 5.02 Å². The van der Waals surface area contributed by atoms with Crippen LogP contribution in [0.15, 0.2) is 36.4 Å². The van der Waals surface area contributed by atoms with Gasteiger partial charge in [-0.3, -0.25) is 0 Å². The molecule has 0 saturated heterocycles. The Morgan fingerprint density at radius 1 is 1.10 bits per heavy atom. The maximum Gasteiger partial charge on any atom is 0.145 e. The summed E-state index contributed by atoms with van der Waals surface area (Å²) in [6, 6.07) is 12.0. The van der Waals surface area contributed by atoms with Gasteiger partial charge in [-0.1, -0.05) is 47.5 Å². The van der Waals surface area contributed by atoms with Crippen molar-refractivity contribution in [2.45, 2.75) is 18.7 Å². The van der Waals surface area contributed by atoms with E-state index >= 15 is 0 Å². The number of ether oxygens (including phenoxy) is 2. The summed E-state index contributed by atoms with van der Waals surface area (Å²) >= 11 is 12.8. The summed E-state index contributed by atoms with van der Waals surface area (Å²) in [6.45, 7) is 2.07. The lowest BCUT2D eigenvalue weighted by atomic mass is 10.0. The van der Waals surface area contributed by atoms with E-state index in [2.05, 4.69) is 25.1 Å². The summed E-state index contributed by atoms with van der Waals surface area (Å²) in [5.41, 5.74) is 3.27. The van der Waals surface area contributed by atoms with E-state index in [4.69, 9.17) is 32.7 Å². The van der Waals surface area contributed by atoms with Gasteiger partial charge in [-0.25, -0.2) is 0 Å². The maximum atomic E-state index is 6.57. The number of rotatable bonds is 5. The molecule has 0 bridgehead atoms. The van der Waals surface area contributed by atoms with E-state index in [1.165, 1.54) is 11.1 Å². The van der Waals surface area contributed by atoms with E-state index in [1.54, 1.807) is 14.2 Å². The van der Waals surface area contributed by atoms with E-state index in [0.29, 0.717) is 22.9 Å². The molecule has 0 aliphatic heterocycles. The summed E-state index contributed by atoms with van der Waals surface area (Å²) < 4.78 is 10.6. The molecule has 21 heavy (non-hydrogen) atoms. The average molecular weight is 325 g/mol. The molecule has 0 heterocycles. The molecule has 0 fully saturated rings. The average Bonchev–Trinajstić information content (AvgIpc) is 2.46. The van der Waals surface area contributed by atoms with Crippen LogP contribution in [-0.2, 0) is 6.42 Å². The Bertz CT molecular complexity index is 626. The Labute approximate surface area is 135 Å². The monoisotopic (exact) mass is 324 g/mol. The summed E-state index contributed by atoms with van der Waals surface area (Å²) in [6.07, 6.45) is 0.711. The van der Waals surface area contributed by atoms with Gasteiger partial charge in [-0.15, -0.1) is 11.6 Å². The first-order valence-corrected chi connectivity index (χ1v) is 7.48. The first-order chi connectivity index (χ1) is 10.1. The first kappa shape index (κ1) is 16.0. The molecular formula is C17H18Cl2O2. The van der Waals surface area contributed by atoms with Gasteiger partial charge in [0.15, 0.2) is 0 Å². The zero-order valence-electron chi connectivity index (χ0n) is 12.3. The standard InChI is InChI=1S/C17H18Cl2O2/c1-11-5-4-6-12(9-11)10-14(18)13-7-8-15(20-2)16(19)17(13)21-3/h4-9,14H,10H2,1-3H3. The lowest BCUT2D eigenvalue weighted by molar-refractivity contribution is 0.391. The number of benzene rings is 2. The molecule has 0 saturated carbocycles. The van der Waals surface area contributed by atoms with Gasteiger partial charge in [-0.2, -0.15) is 0 Å². The third-order valence-electron chi connectivity index (χ3n) is 3.35. The predicted molar refractivity (Wildman–Crippen MR) is 88.0 cm³/mol. The van der Waals surface area contributed by atoms with Gasteiger partial charge >= 0.3 is 0 Å². The molecule has 112 valence electrons. The minimum absolute atomic E-state index is 0.217. The van der Waals surface area contributed by atoms with Gasteiger partial charge in [0.1, 0.15) is 16.5 Å². The maximum absolute atomic E-state index is 6.57. The fraction of sp³-hybridized carbons (Fsp3) is 0.294. The van der Waals surface area contributed by atoms with Crippen molar-refractivity contribution in [1.82, 2.24) is 0 Å². The molecule has 2 aromatic carbocycles. The smallest absolute Gasteiger partial charge is 0.145 e. The van der Waals surface area contributed by atoms with Gasteiger partial charge in [0.25, 0.3) is 0 Å². The lowest BCUT2D eigenvalue weighted by Crippen LogP contribution is -2.01. The van der Waals surface area contributed by atoms with Crippen molar-refractivity contribution in [3.63, 3.8) is 0 Å². The van der Waals surface area contributed by atoms with Crippen LogP contribution in [0.5, 0.6) is 11.5 Å². The second-order valence-electron chi connectivity index (χ2n) is 4.86. The Balaban J connectivity index is 2.30. The van der Waals surface area contributed by atoms with Gasteiger partial charge < -0.3 is 9.47 Å². The van der Waals surface area contributed by atoms with Crippen LogP contribution >= 0.6 is 23.2 Å². The zero-order chi connectivity index (χ0) is 15.4. The molecule has 0 aromatic heterocycles. The highest BCUT2D eigenvalue weighted by Gasteiger charge is 2.19. The van der Waals surface area contributed by atoms with Crippen LogP contribution in [0.25, 0.3) is 0 Å². The lowest BCUT2D eigenvalue weighted by Gasteiger charge is -2.17. The molecule has 0 radical (unpaired) electrons. The zero-order valence-corrected chi connectivity index (χ0v) is 13.8. The van der Waals surface area contributed by atoms with Crippen LogP contribution in [0.4, 0.5) is 0 Å². The van der Waals surface area contributed by atoms with Gasteiger partial charge in [0.2, 0.25) is 0 Å². The van der Waals surface area contributed by atoms with Gasteiger partial charge in [-0.05, 0) is 25.0 Å². The SMILES string of the molecule is COc1ccc(C(Cl)Cc2cccc(C)c2)c(OC)c1Cl. The van der Waals surface area contributed by atoms with Crippen LogP contribution in [0.1, 0.15) is 22.1 Å². The van der Waals surface area contributed by atoms with Crippen LogP contribution in [-0.4, -0.2) is 14.2 Å². The van der Waals surface area contributed by atoms with E-state index in [1.807, 2.05) is 18.2 Å². The van der Waals surface area contributed by atoms with Crippen molar-refractivity contribution in [3.8, 4) is 11.5 Å². The topological polar surface area (TPSA) is 18.5 Å². The largest absolute Gasteiger partial charge is 0.495 e. The Kier molecular flexibility index (Phi) is 5.38. The van der Waals surface area contributed by atoms with Gasteiger partial charge in [0, 0.05) is 5.56 Å². The number of halogens is 2. The molecule has 2 aromatic rings. The fourth-order valence-corrected chi connectivity index (χ4v) is 3.00. The van der Waals surface area contributed by atoms with Crippen LogP contribution in [0, 0.1) is 6.92 Å². The van der Waals surface area contributed by atoms with Crippen molar-refractivity contribution >= 4 is 23.2 Å². The molecule has 1 unspecified atom stereocenters. The van der Waals surface area contributed by atoms with Gasteiger partial charge in [0.05, 0.1) is 19.6 Å². The normalized spacial score (nSPS) is 12.0. The summed E-state index contributed by atoms with van der Waals surface area (Å²) in [5, 5.41) is 0.234. The second kappa shape index (κ2) is 7.06. The molecule has 4 heteroatoms. The molecule has 0 aliphatic carbocycles. The van der Waals surface area contributed by atoms with E-state index in [0.717, 1.165) is 5.56 Å². The van der Waals surface area contributed by atoms with Crippen molar-refractivity contribution in [2.24, 2.45) is 0 Å². The molecule has 1 atom stereocenters. The van der Waals surface area contributed by atoms with E-state index in [9.17, 15) is 0 Å². The highest BCUT2D eigenvalue weighted by atomic mass is 35.5. The third kappa shape index (κ3) is 3.63. The molecule has 2 rings (SSSR count). The number of hydrogen-bond donors (Lipinski definition) is 0. The van der Waals surface area contributed by atoms with Crippen LogP contribution in [0.3, 0.4) is 0 Å². The third-order valence-corrected chi connectivity index (χ3v) is 4.10. The Morgan fingerprint density at radius 2 is 1.86 bits per heavy atom. The molecule has 0 N–H and O–H groups in total. The highest BCUT2D eigenvalue weighted by Crippen LogP contribution is 2.42. The second-order valence-corrected chi connectivity index (χ2v) is 5.77. The predicted octanol–water partition coefficient (Wildman–Crippen LogP) is 5.19. The summed E-state index contributed by atoms with van der Waals surface area (Å²) in [5.74, 6) is 1.15. The fourth-order valence-electron chi connectivity index (χ4n) is 2.32. The van der Waals surface area contributed by atoms with E-state index < -0.39 is 0 Å². The molecule has 2 nitrogen and oxygen atoms in total. The Hall–Kier alpha value is -1.38. The minimum Gasteiger partial charge on any atom is -0.495 e.